The number of benzene rings is 1. The van der Waals surface area contributed by atoms with E-state index in [1.165, 1.54) is 19.3 Å². The molecule has 23 heavy (non-hydrogen) atoms. The van der Waals surface area contributed by atoms with Crippen molar-refractivity contribution in [2.75, 3.05) is 5.32 Å². The van der Waals surface area contributed by atoms with Crippen LogP contribution in [0.5, 0.6) is 0 Å². The van der Waals surface area contributed by atoms with E-state index in [9.17, 15) is 4.79 Å². The number of anilines is 2. The van der Waals surface area contributed by atoms with Gasteiger partial charge in [-0.25, -0.2) is 9.97 Å². The Morgan fingerprint density at radius 2 is 2.00 bits per heavy atom. The van der Waals surface area contributed by atoms with Crippen LogP contribution in [0.2, 0.25) is 5.02 Å². The van der Waals surface area contributed by atoms with Crippen molar-refractivity contribution >= 4 is 29.1 Å². The van der Waals surface area contributed by atoms with E-state index in [4.69, 9.17) is 11.6 Å². The molecule has 1 saturated carbocycles. The molecule has 1 aliphatic carbocycles. The zero-order valence-corrected chi connectivity index (χ0v) is 13.5. The molecule has 1 amide bonds. The number of rotatable bonds is 4. The molecule has 1 fully saturated rings. The van der Waals surface area contributed by atoms with Gasteiger partial charge < -0.3 is 10.6 Å². The first-order valence-electron chi connectivity index (χ1n) is 7.87. The van der Waals surface area contributed by atoms with Gasteiger partial charge in [-0.3, -0.25) is 4.79 Å². The highest BCUT2D eigenvalue weighted by atomic mass is 35.5. The molecule has 0 aliphatic heterocycles. The summed E-state index contributed by atoms with van der Waals surface area (Å²) in [4.78, 5) is 20.8. The van der Waals surface area contributed by atoms with E-state index in [0.717, 1.165) is 18.5 Å². The normalized spacial score (nSPS) is 15.2. The Morgan fingerprint density at radius 3 is 2.78 bits per heavy atom. The molecule has 120 valence electrons. The molecular formula is C17H19ClN4O. The molecule has 0 radical (unpaired) electrons. The maximum atomic E-state index is 12.3. The smallest absolute Gasteiger partial charge is 0.270 e. The number of carbonyl (C=O) groups is 1. The number of halogens is 1. The summed E-state index contributed by atoms with van der Waals surface area (Å²) in [5.41, 5.74) is 1.15. The summed E-state index contributed by atoms with van der Waals surface area (Å²) in [6.07, 6.45) is 7.28. The van der Waals surface area contributed by atoms with Gasteiger partial charge in [-0.15, -0.1) is 0 Å². The average molecular weight is 331 g/mol. The molecule has 1 aromatic carbocycles. The van der Waals surface area contributed by atoms with E-state index in [1.807, 2.05) is 12.1 Å². The number of nitrogens with zero attached hydrogens (tertiary/aromatic N) is 2. The summed E-state index contributed by atoms with van der Waals surface area (Å²) >= 11 is 5.96. The third kappa shape index (κ3) is 4.42. The van der Waals surface area contributed by atoms with Crippen LogP contribution in [0.25, 0.3) is 0 Å². The van der Waals surface area contributed by atoms with Crippen molar-refractivity contribution in [3.63, 3.8) is 0 Å². The van der Waals surface area contributed by atoms with Gasteiger partial charge in [0, 0.05) is 22.9 Å². The SMILES string of the molecule is O=C(NC1CCCCC1)c1ccnc(Nc2cccc(Cl)c2)n1. The zero-order valence-electron chi connectivity index (χ0n) is 12.8. The number of hydrogen-bond acceptors (Lipinski definition) is 4. The van der Waals surface area contributed by atoms with E-state index in [-0.39, 0.29) is 11.9 Å². The Labute approximate surface area is 140 Å². The van der Waals surface area contributed by atoms with Gasteiger partial charge in [0.05, 0.1) is 0 Å². The van der Waals surface area contributed by atoms with Crippen LogP contribution in [-0.4, -0.2) is 21.9 Å². The maximum absolute atomic E-state index is 12.3. The van der Waals surface area contributed by atoms with Crippen LogP contribution < -0.4 is 10.6 Å². The minimum Gasteiger partial charge on any atom is -0.348 e. The third-order valence-electron chi connectivity index (χ3n) is 3.91. The van der Waals surface area contributed by atoms with Gasteiger partial charge in [-0.1, -0.05) is 36.9 Å². The van der Waals surface area contributed by atoms with Crippen LogP contribution in [-0.2, 0) is 0 Å². The first-order valence-corrected chi connectivity index (χ1v) is 8.25. The standard InChI is InChI=1S/C17H19ClN4O/c18-12-5-4-8-14(11-12)21-17-19-10-9-15(22-17)16(23)20-13-6-2-1-3-7-13/h4-5,8-11,13H,1-3,6-7H2,(H,20,23)(H,19,21,22). The summed E-state index contributed by atoms with van der Waals surface area (Å²) in [7, 11) is 0. The summed E-state index contributed by atoms with van der Waals surface area (Å²) in [5.74, 6) is 0.233. The molecule has 5 nitrogen and oxygen atoms in total. The van der Waals surface area contributed by atoms with Gasteiger partial charge in [-0.05, 0) is 37.1 Å². The first kappa shape index (κ1) is 15.7. The van der Waals surface area contributed by atoms with Gasteiger partial charge in [0.25, 0.3) is 5.91 Å². The molecule has 0 unspecified atom stereocenters. The second-order valence-corrected chi connectivity index (χ2v) is 6.15. The van der Waals surface area contributed by atoms with Gasteiger partial charge in [0.15, 0.2) is 0 Å². The predicted molar refractivity (Wildman–Crippen MR) is 91.1 cm³/mol. The quantitative estimate of drug-likeness (QED) is 0.891. The van der Waals surface area contributed by atoms with Crippen molar-refractivity contribution in [3.8, 4) is 0 Å². The molecule has 0 saturated heterocycles. The lowest BCUT2D eigenvalue weighted by molar-refractivity contribution is 0.0922. The Balaban J connectivity index is 1.67. The lowest BCUT2D eigenvalue weighted by atomic mass is 9.95. The highest BCUT2D eigenvalue weighted by Crippen LogP contribution is 2.19. The fourth-order valence-corrected chi connectivity index (χ4v) is 2.94. The topological polar surface area (TPSA) is 66.9 Å². The molecule has 0 atom stereocenters. The van der Waals surface area contributed by atoms with E-state index in [1.54, 1.807) is 24.4 Å². The number of carbonyl (C=O) groups excluding carboxylic acids is 1. The molecule has 0 bridgehead atoms. The van der Waals surface area contributed by atoms with Crippen molar-refractivity contribution in [1.82, 2.24) is 15.3 Å². The third-order valence-corrected chi connectivity index (χ3v) is 4.14. The highest BCUT2D eigenvalue weighted by Gasteiger charge is 2.17. The summed E-state index contributed by atoms with van der Waals surface area (Å²) in [5, 5.41) is 6.74. The largest absolute Gasteiger partial charge is 0.348 e. The Hall–Kier alpha value is -2.14. The molecule has 6 heteroatoms. The number of amides is 1. The lowest BCUT2D eigenvalue weighted by Gasteiger charge is -2.22. The van der Waals surface area contributed by atoms with Crippen LogP contribution in [0.3, 0.4) is 0 Å². The van der Waals surface area contributed by atoms with Crippen LogP contribution in [0, 0.1) is 0 Å². The van der Waals surface area contributed by atoms with E-state index >= 15 is 0 Å². The fourth-order valence-electron chi connectivity index (χ4n) is 2.75. The maximum Gasteiger partial charge on any atom is 0.270 e. The first-order chi connectivity index (χ1) is 11.2. The molecule has 0 spiro atoms. The van der Waals surface area contributed by atoms with Gasteiger partial charge >= 0.3 is 0 Å². The Kier molecular flexibility index (Phi) is 5.08. The predicted octanol–water partition coefficient (Wildman–Crippen LogP) is 3.94. The summed E-state index contributed by atoms with van der Waals surface area (Å²) < 4.78 is 0. The van der Waals surface area contributed by atoms with Crippen LogP contribution in [0.1, 0.15) is 42.6 Å². The van der Waals surface area contributed by atoms with Crippen LogP contribution >= 0.6 is 11.6 Å². The average Bonchev–Trinajstić information content (AvgIpc) is 2.56. The Morgan fingerprint density at radius 1 is 1.17 bits per heavy atom. The van der Waals surface area contributed by atoms with Gasteiger partial charge in [-0.2, -0.15) is 0 Å². The molecule has 1 aliphatic rings. The van der Waals surface area contributed by atoms with Gasteiger partial charge in [0.2, 0.25) is 5.95 Å². The molecule has 2 aromatic rings. The monoisotopic (exact) mass is 330 g/mol. The molecule has 3 rings (SSSR count). The van der Waals surface area contributed by atoms with E-state index in [2.05, 4.69) is 20.6 Å². The molecular weight excluding hydrogens is 312 g/mol. The van der Waals surface area contributed by atoms with E-state index < -0.39 is 0 Å². The van der Waals surface area contributed by atoms with Gasteiger partial charge in [0.1, 0.15) is 5.69 Å². The number of nitrogens with one attached hydrogen (secondary N) is 2. The minimum atomic E-state index is -0.145. The van der Waals surface area contributed by atoms with Crippen molar-refractivity contribution in [2.45, 2.75) is 38.1 Å². The van der Waals surface area contributed by atoms with Crippen LogP contribution in [0.4, 0.5) is 11.6 Å². The Bertz CT molecular complexity index is 686. The molecule has 1 heterocycles. The second kappa shape index (κ2) is 7.42. The minimum absolute atomic E-state index is 0.145. The second-order valence-electron chi connectivity index (χ2n) is 5.71. The fraction of sp³-hybridized carbons (Fsp3) is 0.353. The number of hydrogen-bond donors (Lipinski definition) is 2. The summed E-state index contributed by atoms with van der Waals surface area (Å²) in [6.45, 7) is 0. The van der Waals surface area contributed by atoms with Crippen molar-refractivity contribution < 1.29 is 4.79 Å². The lowest BCUT2D eigenvalue weighted by Crippen LogP contribution is -2.36. The van der Waals surface area contributed by atoms with Crippen molar-refractivity contribution in [2.24, 2.45) is 0 Å². The van der Waals surface area contributed by atoms with E-state index in [0.29, 0.717) is 16.7 Å². The highest BCUT2D eigenvalue weighted by molar-refractivity contribution is 6.30. The summed E-state index contributed by atoms with van der Waals surface area (Å²) in [6, 6.07) is 9.16. The molecule has 2 N–H and O–H groups in total. The van der Waals surface area contributed by atoms with Crippen molar-refractivity contribution in [1.29, 1.82) is 0 Å². The molecule has 1 aromatic heterocycles. The zero-order chi connectivity index (χ0) is 16.1. The number of aromatic nitrogens is 2. The van der Waals surface area contributed by atoms with Crippen LogP contribution in [0.15, 0.2) is 36.5 Å². The van der Waals surface area contributed by atoms with Crippen molar-refractivity contribution in [3.05, 3.63) is 47.2 Å².